The van der Waals surface area contributed by atoms with Gasteiger partial charge in [-0.05, 0) is 72.9 Å². The van der Waals surface area contributed by atoms with Crippen LogP contribution in [0.25, 0.3) is 0 Å². The van der Waals surface area contributed by atoms with Crippen molar-refractivity contribution in [1.29, 1.82) is 0 Å². The molecular formula is C31H31F3N4O3. The average molecular weight is 565 g/mol. The lowest BCUT2D eigenvalue weighted by Gasteiger charge is -2.44. The van der Waals surface area contributed by atoms with Gasteiger partial charge in [0.05, 0.1) is 6.67 Å². The summed E-state index contributed by atoms with van der Waals surface area (Å²) in [6, 6.07) is 19.8. The Balaban J connectivity index is 1.16. The van der Waals surface area contributed by atoms with Crippen LogP contribution in [0.4, 0.5) is 24.5 Å². The molecule has 3 aromatic rings. The van der Waals surface area contributed by atoms with Gasteiger partial charge in [0.25, 0.3) is 5.91 Å². The number of nitrogens with zero attached hydrogens (tertiary/aromatic N) is 4. The van der Waals surface area contributed by atoms with Gasteiger partial charge in [-0.25, -0.2) is 0 Å². The summed E-state index contributed by atoms with van der Waals surface area (Å²) in [6.07, 6.45) is -3.36. The lowest BCUT2D eigenvalue weighted by atomic mass is 9.85. The first kappa shape index (κ1) is 27.0. The molecule has 0 aliphatic carbocycles. The number of amides is 2. The molecule has 6 rings (SSSR count). The Morgan fingerprint density at radius 2 is 1.61 bits per heavy atom. The highest BCUT2D eigenvalue weighted by Crippen LogP contribution is 2.41. The molecule has 3 heterocycles. The predicted molar refractivity (Wildman–Crippen MR) is 149 cm³/mol. The van der Waals surface area contributed by atoms with Gasteiger partial charge >= 0.3 is 6.36 Å². The molecule has 2 amide bonds. The molecule has 3 aromatic carbocycles. The number of halogens is 3. The van der Waals surface area contributed by atoms with E-state index < -0.39 is 11.9 Å². The maximum atomic E-state index is 13.4. The van der Waals surface area contributed by atoms with E-state index in [9.17, 15) is 22.8 Å². The number of anilines is 2. The Morgan fingerprint density at radius 1 is 0.927 bits per heavy atom. The Labute approximate surface area is 236 Å². The van der Waals surface area contributed by atoms with Crippen molar-refractivity contribution in [3.05, 3.63) is 89.0 Å². The van der Waals surface area contributed by atoms with Crippen molar-refractivity contribution in [2.45, 2.75) is 44.8 Å². The first-order valence-corrected chi connectivity index (χ1v) is 13.6. The summed E-state index contributed by atoms with van der Waals surface area (Å²) in [6.45, 7) is 4.64. The summed E-state index contributed by atoms with van der Waals surface area (Å²) >= 11 is 0. The molecule has 0 aromatic heterocycles. The van der Waals surface area contributed by atoms with Crippen LogP contribution < -0.4 is 14.5 Å². The van der Waals surface area contributed by atoms with Crippen LogP contribution in [0.1, 0.15) is 39.9 Å². The lowest BCUT2D eigenvalue weighted by molar-refractivity contribution is -0.274. The molecule has 2 fully saturated rings. The Morgan fingerprint density at radius 3 is 2.27 bits per heavy atom. The number of carbonyl (C=O) groups is 2. The van der Waals surface area contributed by atoms with Crippen molar-refractivity contribution in [3.63, 3.8) is 0 Å². The number of aryl methyl sites for hydroxylation is 1. The minimum Gasteiger partial charge on any atom is -0.406 e. The van der Waals surface area contributed by atoms with Crippen LogP contribution in [0.5, 0.6) is 5.75 Å². The van der Waals surface area contributed by atoms with Crippen LogP contribution in [0.3, 0.4) is 0 Å². The van der Waals surface area contributed by atoms with Gasteiger partial charge in [-0.1, -0.05) is 30.3 Å². The van der Waals surface area contributed by atoms with E-state index in [1.807, 2.05) is 38.2 Å². The van der Waals surface area contributed by atoms with E-state index in [2.05, 4.69) is 32.7 Å². The maximum Gasteiger partial charge on any atom is 0.573 e. The highest BCUT2D eigenvalue weighted by atomic mass is 19.4. The number of benzene rings is 3. The number of carbonyl (C=O) groups excluding carboxylic acids is 2. The number of hydrogen-bond donors (Lipinski definition) is 0. The molecule has 214 valence electrons. The second-order valence-electron chi connectivity index (χ2n) is 11.1. The fourth-order valence-corrected chi connectivity index (χ4v) is 6.47. The first-order valence-electron chi connectivity index (χ1n) is 13.6. The molecule has 0 N–H and O–H groups in total. The first-order chi connectivity index (χ1) is 19.5. The molecule has 0 saturated carbocycles. The molecule has 0 bridgehead atoms. The van der Waals surface area contributed by atoms with Crippen molar-refractivity contribution in [1.82, 2.24) is 9.80 Å². The Hall–Kier alpha value is -4.21. The number of likely N-dealkylation sites (N-methyl/N-ethyl adjacent to an activating group) is 1. The second kappa shape index (κ2) is 10.0. The molecule has 0 atom stereocenters. The maximum absolute atomic E-state index is 13.4. The van der Waals surface area contributed by atoms with E-state index in [-0.39, 0.29) is 24.1 Å². The van der Waals surface area contributed by atoms with Gasteiger partial charge in [-0.15, -0.1) is 13.2 Å². The van der Waals surface area contributed by atoms with Gasteiger partial charge in [-0.2, -0.15) is 0 Å². The zero-order valence-corrected chi connectivity index (χ0v) is 22.9. The lowest BCUT2D eigenvalue weighted by Crippen LogP contribution is -2.56. The number of ether oxygens (including phenoxy) is 1. The van der Waals surface area contributed by atoms with Gasteiger partial charge in [0, 0.05) is 50.2 Å². The minimum atomic E-state index is -4.75. The van der Waals surface area contributed by atoms with Crippen molar-refractivity contribution >= 4 is 23.2 Å². The zero-order valence-electron chi connectivity index (χ0n) is 22.9. The topological polar surface area (TPSA) is 56.3 Å². The largest absolute Gasteiger partial charge is 0.573 e. The number of alkyl halides is 3. The number of hydrogen-bond acceptors (Lipinski definition) is 5. The molecule has 3 aliphatic heterocycles. The van der Waals surface area contributed by atoms with Gasteiger partial charge in [0.15, 0.2) is 0 Å². The van der Waals surface area contributed by atoms with Gasteiger partial charge in [-0.3, -0.25) is 9.59 Å². The van der Waals surface area contributed by atoms with Gasteiger partial charge in [0.1, 0.15) is 11.3 Å². The van der Waals surface area contributed by atoms with Crippen molar-refractivity contribution < 1.29 is 27.5 Å². The summed E-state index contributed by atoms with van der Waals surface area (Å²) in [5, 5.41) is 0. The van der Waals surface area contributed by atoms with Crippen molar-refractivity contribution in [2.75, 3.05) is 36.6 Å². The average Bonchev–Trinajstić information content (AvgIpc) is 3.38. The van der Waals surface area contributed by atoms with Gasteiger partial charge < -0.3 is 24.3 Å². The quantitative estimate of drug-likeness (QED) is 0.420. The number of rotatable bonds is 5. The standard InChI is InChI=1S/C31H31F3N4O3/c1-21-16-25(36-14-12-30(13-15-36)29(40)35(2)20-38(30)24-6-4-3-5-7-24)17-23-19-37(28(39)27(21)23)18-22-8-10-26(11-9-22)41-31(32,33)34/h3-11,16-17H,12-15,18-20H2,1-2H3. The third-order valence-corrected chi connectivity index (χ3v) is 8.43. The predicted octanol–water partition coefficient (Wildman–Crippen LogP) is 5.32. The van der Waals surface area contributed by atoms with Crippen LogP contribution in [-0.4, -0.2) is 60.3 Å². The summed E-state index contributed by atoms with van der Waals surface area (Å²) in [5.41, 5.74) is 4.74. The van der Waals surface area contributed by atoms with E-state index in [1.165, 1.54) is 12.1 Å². The Kier molecular flexibility index (Phi) is 6.59. The monoisotopic (exact) mass is 564 g/mol. The summed E-state index contributed by atoms with van der Waals surface area (Å²) in [4.78, 5) is 34.7. The molecule has 41 heavy (non-hydrogen) atoms. The molecular weight excluding hydrogens is 533 g/mol. The molecule has 10 heteroatoms. The van der Waals surface area contributed by atoms with Crippen molar-refractivity contribution in [3.8, 4) is 5.75 Å². The summed E-state index contributed by atoms with van der Waals surface area (Å²) in [5.74, 6) is -0.223. The molecule has 0 unspecified atom stereocenters. The van der Waals surface area contributed by atoms with E-state index >= 15 is 0 Å². The molecule has 2 saturated heterocycles. The van der Waals surface area contributed by atoms with Crippen LogP contribution >= 0.6 is 0 Å². The second-order valence-corrected chi connectivity index (χ2v) is 11.1. The third kappa shape index (κ3) is 4.96. The van der Waals surface area contributed by atoms with Gasteiger partial charge in [0.2, 0.25) is 5.91 Å². The van der Waals surface area contributed by atoms with E-state index in [0.29, 0.717) is 50.3 Å². The number of piperidine rings is 1. The third-order valence-electron chi connectivity index (χ3n) is 8.43. The van der Waals surface area contributed by atoms with E-state index in [4.69, 9.17) is 0 Å². The van der Waals surface area contributed by atoms with Crippen LogP contribution in [-0.2, 0) is 17.9 Å². The molecule has 3 aliphatic rings. The molecule has 0 radical (unpaired) electrons. The minimum absolute atomic E-state index is 0.0876. The summed E-state index contributed by atoms with van der Waals surface area (Å²) in [7, 11) is 1.86. The SMILES string of the molecule is Cc1cc(N2CCC3(CC2)C(=O)N(C)CN3c2ccccc2)cc2c1C(=O)N(Cc1ccc(OC(F)(F)F)cc1)C2. The highest BCUT2D eigenvalue weighted by molar-refractivity contribution is 6.00. The fourth-order valence-electron chi connectivity index (χ4n) is 6.47. The normalized spacial score (nSPS) is 18.5. The van der Waals surface area contributed by atoms with E-state index in [1.54, 1.807) is 21.9 Å². The van der Waals surface area contributed by atoms with Crippen LogP contribution in [0, 0.1) is 6.92 Å². The fraction of sp³-hybridized carbons (Fsp3) is 0.355. The number of para-hydroxylation sites is 1. The van der Waals surface area contributed by atoms with Crippen LogP contribution in [0.15, 0.2) is 66.7 Å². The van der Waals surface area contributed by atoms with E-state index in [0.717, 1.165) is 22.5 Å². The summed E-state index contributed by atoms with van der Waals surface area (Å²) < 4.78 is 41.4. The van der Waals surface area contributed by atoms with Crippen molar-refractivity contribution in [2.24, 2.45) is 0 Å². The highest BCUT2D eigenvalue weighted by Gasteiger charge is 2.52. The number of fused-ring (bicyclic) bond motifs is 1. The Bertz CT molecular complexity index is 1470. The smallest absolute Gasteiger partial charge is 0.406 e. The zero-order chi connectivity index (χ0) is 28.9. The van der Waals surface area contributed by atoms with Crippen LogP contribution in [0.2, 0.25) is 0 Å². The molecule has 7 nitrogen and oxygen atoms in total. The molecule has 1 spiro atoms.